The summed E-state index contributed by atoms with van der Waals surface area (Å²) >= 11 is 7.93. The Kier molecular flexibility index (Phi) is 2.80. The van der Waals surface area contributed by atoms with Crippen LogP contribution in [0.2, 0.25) is 5.02 Å². The van der Waals surface area contributed by atoms with Gasteiger partial charge in [-0.05, 0) is 40.8 Å². The van der Waals surface area contributed by atoms with Crippen molar-refractivity contribution >= 4 is 34.2 Å². The van der Waals surface area contributed by atoms with E-state index in [1.54, 1.807) is 13.2 Å². The molecule has 0 atom stereocenters. The maximum atomic E-state index is 5.74. The number of ether oxygens (including phenoxy) is 1. The molecule has 0 aliphatic rings. The van der Waals surface area contributed by atoms with Gasteiger partial charge in [0, 0.05) is 8.59 Å². The van der Waals surface area contributed by atoms with Crippen LogP contribution >= 0.6 is 34.2 Å². The Hall–Kier alpha value is 0.0400. The smallest absolute Gasteiger partial charge is 0.121 e. The summed E-state index contributed by atoms with van der Waals surface area (Å²) in [4.78, 5) is 0. The lowest BCUT2D eigenvalue weighted by Crippen LogP contribution is -1.82. The predicted molar refractivity (Wildman–Crippen MR) is 50.7 cm³/mol. The first-order valence-corrected chi connectivity index (χ1v) is 4.18. The molecule has 1 nitrogen and oxygen atoms in total. The van der Waals surface area contributed by atoms with E-state index >= 15 is 0 Å². The molecule has 10 heavy (non-hydrogen) atoms. The van der Waals surface area contributed by atoms with E-state index in [0.717, 1.165) is 9.32 Å². The van der Waals surface area contributed by atoms with E-state index in [1.165, 1.54) is 0 Å². The van der Waals surface area contributed by atoms with Crippen LogP contribution in [0.15, 0.2) is 18.2 Å². The lowest BCUT2D eigenvalue weighted by atomic mass is 10.3. The minimum atomic E-state index is 0.712. The van der Waals surface area contributed by atoms with Crippen LogP contribution in [0.25, 0.3) is 0 Å². The van der Waals surface area contributed by atoms with Crippen molar-refractivity contribution in [3.8, 4) is 5.75 Å². The Morgan fingerprint density at radius 1 is 1.40 bits per heavy atom. The minimum absolute atomic E-state index is 0.712. The first-order valence-electron chi connectivity index (χ1n) is 2.72. The molecule has 0 N–H and O–H groups in total. The zero-order valence-corrected chi connectivity index (χ0v) is 8.31. The van der Waals surface area contributed by atoms with Gasteiger partial charge in [0.05, 0.1) is 7.11 Å². The van der Waals surface area contributed by atoms with Gasteiger partial charge in [-0.2, -0.15) is 0 Å². The van der Waals surface area contributed by atoms with Crippen LogP contribution in [0.5, 0.6) is 5.75 Å². The van der Waals surface area contributed by atoms with Crippen molar-refractivity contribution in [2.24, 2.45) is 0 Å². The predicted octanol–water partition coefficient (Wildman–Crippen LogP) is 2.95. The molecule has 0 saturated heterocycles. The molecule has 0 heterocycles. The quantitative estimate of drug-likeness (QED) is 0.712. The summed E-state index contributed by atoms with van der Waals surface area (Å²) in [5.41, 5.74) is 0. The maximum absolute atomic E-state index is 5.74. The molecule has 0 amide bonds. The molecule has 1 aromatic carbocycles. The molecule has 0 fully saturated rings. The van der Waals surface area contributed by atoms with E-state index in [9.17, 15) is 0 Å². The van der Waals surface area contributed by atoms with Crippen molar-refractivity contribution in [2.75, 3.05) is 7.11 Å². The van der Waals surface area contributed by atoms with Crippen LogP contribution in [-0.2, 0) is 0 Å². The molecule has 0 saturated carbocycles. The molecule has 3 heteroatoms. The van der Waals surface area contributed by atoms with E-state index in [0.29, 0.717) is 5.02 Å². The Labute approximate surface area is 78.5 Å². The second-order valence-electron chi connectivity index (χ2n) is 1.81. The van der Waals surface area contributed by atoms with Crippen molar-refractivity contribution in [3.63, 3.8) is 0 Å². The molecule has 0 aromatic heterocycles. The third kappa shape index (κ3) is 2.02. The standard InChI is InChI=1S/C7H6ClIO/c1-10-7-3-5(8)2-6(9)4-7/h2-4H,1H3. The van der Waals surface area contributed by atoms with Gasteiger partial charge in [0.25, 0.3) is 0 Å². The maximum Gasteiger partial charge on any atom is 0.121 e. The molecule has 0 bridgehead atoms. The molecule has 0 aliphatic heterocycles. The highest BCUT2D eigenvalue weighted by atomic mass is 127. The Balaban J connectivity index is 3.06. The molecular weight excluding hydrogens is 262 g/mol. The molecule has 0 radical (unpaired) electrons. The van der Waals surface area contributed by atoms with Crippen LogP contribution in [0.4, 0.5) is 0 Å². The fraction of sp³-hybridized carbons (Fsp3) is 0.143. The number of halogens is 2. The molecule has 0 aliphatic carbocycles. The average molecular weight is 268 g/mol. The first kappa shape index (κ1) is 8.14. The second kappa shape index (κ2) is 3.44. The number of rotatable bonds is 1. The van der Waals surface area contributed by atoms with Gasteiger partial charge in [-0.3, -0.25) is 0 Å². The van der Waals surface area contributed by atoms with E-state index in [-0.39, 0.29) is 0 Å². The summed E-state index contributed by atoms with van der Waals surface area (Å²) in [6, 6.07) is 5.58. The zero-order valence-electron chi connectivity index (χ0n) is 5.40. The van der Waals surface area contributed by atoms with E-state index in [4.69, 9.17) is 16.3 Å². The van der Waals surface area contributed by atoms with E-state index in [2.05, 4.69) is 22.6 Å². The molecule has 0 spiro atoms. The second-order valence-corrected chi connectivity index (χ2v) is 3.49. The molecule has 54 valence electrons. The third-order valence-corrected chi connectivity index (χ3v) is 1.91. The van der Waals surface area contributed by atoms with Gasteiger partial charge in [-0.1, -0.05) is 11.6 Å². The average Bonchev–Trinajstić information content (AvgIpc) is 1.85. The van der Waals surface area contributed by atoms with Crippen molar-refractivity contribution in [1.29, 1.82) is 0 Å². The number of methoxy groups -OCH3 is 1. The normalized spacial score (nSPS) is 9.50. The van der Waals surface area contributed by atoms with Crippen LogP contribution in [0.1, 0.15) is 0 Å². The highest BCUT2D eigenvalue weighted by molar-refractivity contribution is 14.1. The van der Waals surface area contributed by atoms with Gasteiger partial charge < -0.3 is 4.74 Å². The van der Waals surface area contributed by atoms with Gasteiger partial charge in [-0.15, -0.1) is 0 Å². The summed E-state index contributed by atoms with van der Waals surface area (Å²) in [5, 5.41) is 0.712. The molecule has 1 rings (SSSR count). The van der Waals surface area contributed by atoms with Crippen molar-refractivity contribution in [3.05, 3.63) is 26.8 Å². The van der Waals surface area contributed by atoms with Gasteiger partial charge in [0.15, 0.2) is 0 Å². The largest absolute Gasteiger partial charge is 0.497 e. The van der Waals surface area contributed by atoms with Crippen molar-refractivity contribution in [1.82, 2.24) is 0 Å². The Bertz CT molecular complexity index is 217. The van der Waals surface area contributed by atoms with Crippen LogP contribution < -0.4 is 4.74 Å². The van der Waals surface area contributed by atoms with Crippen LogP contribution in [0.3, 0.4) is 0 Å². The molecule has 0 unspecified atom stereocenters. The fourth-order valence-electron chi connectivity index (χ4n) is 0.646. The summed E-state index contributed by atoms with van der Waals surface area (Å²) in [6.07, 6.45) is 0. The van der Waals surface area contributed by atoms with Crippen molar-refractivity contribution < 1.29 is 4.74 Å². The van der Waals surface area contributed by atoms with Gasteiger partial charge in [-0.25, -0.2) is 0 Å². The summed E-state index contributed by atoms with van der Waals surface area (Å²) in [7, 11) is 1.63. The zero-order chi connectivity index (χ0) is 7.56. The number of hydrogen-bond donors (Lipinski definition) is 0. The van der Waals surface area contributed by atoms with Gasteiger partial charge >= 0.3 is 0 Å². The summed E-state index contributed by atoms with van der Waals surface area (Å²) < 4.78 is 6.07. The van der Waals surface area contributed by atoms with Gasteiger partial charge in [0.2, 0.25) is 0 Å². The third-order valence-electron chi connectivity index (χ3n) is 1.07. The monoisotopic (exact) mass is 268 g/mol. The molecule has 1 aromatic rings. The van der Waals surface area contributed by atoms with Crippen LogP contribution in [-0.4, -0.2) is 7.11 Å². The lowest BCUT2D eigenvalue weighted by Gasteiger charge is -1.99. The van der Waals surface area contributed by atoms with Crippen LogP contribution in [0, 0.1) is 3.57 Å². The molecular formula is C7H6ClIO. The minimum Gasteiger partial charge on any atom is -0.497 e. The number of hydrogen-bond acceptors (Lipinski definition) is 1. The van der Waals surface area contributed by atoms with E-state index in [1.807, 2.05) is 12.1 Å². The highest BCUT2D eigenvalue weighted by Crippen LogP contribution is 2.21. The fourth-order valence-corrected chi connectivity index (χ4v) is 1.70. The highest BCUT2D eigenvalue weighted by Gasteiger charge is 1.95. The summed E-state index contributed by atoms with van der Waals surface area (Å²) in [5.74, 6) is 0.803. The first-order chi connectivity index (χ1) is 4.72. The van der Waals surface area contributed by atoms with Crippen molar-refractivity contribution in [2.45, 2.75) is 0 Å². The van der Waals surface area contributed by atoms with E-state index < -0.39 is 0 Å². The Morgan fingerprint density at radius 3 is 2.60 bits per heavy atom. The topological polar surface area (TPSA) is 9.23 Å². The number of benzene rings is 1. The lowest BCUT2D eigenvalue weighted by molar-refractivity contribution is 0.414. The summed E-state index contributed by atoms with van der Waals surface area (Å²) in [6.45, 7) is 0. The van der Waals surface area contributed by atoms with Gasteiger partial charge in [0.1, 0.15) is 5.75 Å². The SMILES string of the molecule is COc1cc(Cl)cc(I)c1. The Morgan fingerprint density at radius 2 is 2.10 bits per heavy atom.